The van der Waals surface area contributed by atoms with Gasteiger partial charge < -0.3 is 49.5 Å². The average molecular weight is 654 g/mol. The number of aliphatic imine (C=N–C) groups is 1. The lowest BCUT2D eigenvalue weighted by Crippen LogP contribution is -2.50. The third-order valence-electron chi connectivity index (χ3n) is 9.69. The Morgan fingerprint density at radius 3 is 2.49 bits per heavy atom. The summed E-state index contributed by atoms with van der Waals surface area (Å²) in [5.41, 5.74) is -3.60. The van der Waals surface area contributed by atoms with Crippen molar-refractivity contribution < 1.29 is 54.1 Å². The zero-order valence-corrected chi connectivity index (χ0v) is 26.4. The molecule has 0 amide bonds. The van der Waals surface area contributed by atoms with Crippen LogP contribution in [0.3, 0.4) is 0 Å². The summed E-state index contributed by atoms with van der Waals surface area (Å²) in [6.45, 7) is 3.91. The summed E-state index contributed by atoms with van der Waals surface area (Å²) in [5, 5.41) is 55.3. The Hall–Kier alpha value is -3.92. The van der Waals surface area contributed by atoms with Gasteiger partial charge in [-0.1, -0.05) is 12.1 Å². The van der Waals surface area contributed by atoms with E-state index in [4.69, 9.17) is 14.2 Å². The summed E-state index contributed by atoms with van der Waals surface area (Å²) >= 11 is 0. The topological polar surface area (TPSA) is 199 Å². The van der Waals surface area contributed by atoms with Crippen LogP contribution < -0.4 is 4.74 Å². The molecule has 2 aliphatic heterocycles. The van der Waals surface area contributed by atoms with Gasteiger partial charge in [-0.05, 0) is 20.0 Å². The minimum atomic E-state index is -2.26. The molecule has 0 aromatic heterocycles. The minimum absolute atomic E-state index is 0.0480. The van der Waals surface area contributed by atoms with Crippen LogP contribution in [-0.2, 0) is 20.7 Å². The first kappa shape index (κ1) is 33.0. The molecule has 2 aromatic rings. The first-order valence-electron chi connectivity index (χ1n) is 15.6. The maximum atomic E-state index is 13.9. The number of ketones is 3. The van der Waals surface area contributed by atoms with Crippen LogP contribution in [0.15, 0.2) is 23.2 Å². The molecule has 252 valence electrons. The molecule has 0 saturated carbocycles. The maximum Gasteiger partial charge on any atom is 0.202 e. The number of nitrogens with zero attached hydrogens (tertiary/aromatic N) is 3. The number of hydrogen-bond acceptors (Lipinski definition) is 13. The third-order valence-corrected chi connectivity index (χ3v) is 9.69. The molecule has 6 atom stereocenters. The molecule has 47 heavy (non-hydrogen) atoms. The molecule has 2 aliphatic carbocycles. The largest absolute Gasteiger partial charge is 0.507 e. The monoisotopic (exact) mass is 653 g/mol. The lowest BCUT2D eigenvalue weighted by Gasteiger charge is -2.42. The van der Waals surface area contributed by atoms with E-state index >= 15 is 0 Å². The molecule has 0 bridgehead atoms. The van der Waals surface area contributed by atoms with Gasteiger partial charge in [-0.25, -0.2) is 0 Å². The molecule has 4 aliphatic rings. The van der Waals surface area contributed by atoms with Gasteiger partial charge in [0, 0.05) is 62.1 Å². The number of piperazine rings is 1. The second-order valence-electron chi connectivity index (χ2n) is 12.7. The number of benzene rings is 2. The Labute approximate surface area is 270 Å². The number of hydrogen-bond donors (Lipinski definition) is 5. The highest BCUT2D eigenvalue weighted by atomic mass is 16.7. The van der Waals surface area contributed by atoms with Crippen molar-refractivity contribution in [3.63, 3.8) is 0 Å². The Bertz CT molecular complexity index is 1640. The predicted octanol–water partition coefficient (Wildman–Crippen LogP) is 0.318. The molecular formula is C33H39N3O11. The Morgan fingerprint density at radius 2 is 1.81 bits per heavy atom. The van der Waals surface area contributed by atoms with E-state index in [-0.39, 0.29) is 34.4 Å². The molecule has 3 unspecified atom stereocenters. The van der Waals surface area contributed by atoms with E-state index in [1.165, 1.54) is 25.3 Å². The second kappa shape index (κ2) is 12.6. The number of rotatable bonds is 7. The summed E-state index contributed by atoms with van der Waals surface area (Å²) in [7, 11) is 3.37. The molecular weight excluding hydrogens is 614 g/mol. The van der Waals surface area contributed by atoms with Gasteiger partial charge >= 0.3 is 0 Å². The number of aliphatic hydroxyl groups is 3. The number of fused-ring (bicyclic) bond motifs is 3. The van der Waals surface area contributed by atoms with E-state index < -0.39 is 95.7 Å². The number of carbonyl (C=O) groups is 3. The molecule has 0 spiro atoms. The van der Waals surface area contributed by atoms with Crippen molar-refractivity contribution >= 4 is 23.7 Å². The highest BCUT2D eigenvalue weighted by Gasteiger charge is 2.50. The highest BCUT2D eigenvalue weighted by Crippen LogP contribution is 2.52. The van der Waals surface area contributed by atoms with Crippen LogP contribution in [0.1, 0.15) is 68.8 Å². The Morgan fingerprint density at radius 1 is 1.11 bits per heavy atom. The van der Waals surface area contributed by atoms with Gasteiger partial charge in [0.15, 0.2) is 17.9 Å². The van der Waals surface area contributed by atoms with Gasteiger partial charge in [-0.3, -0.25) is 19.4 Å². The Balaban J connectivity index is 1.39. The summed E-state index contributed by atoms with van der Waals surface area (Å²) < 4.78 is 17.6. The number of aliphatic hydroxyl groups excluding tert-OH is 2. The summed E-state index contributed by atoms with van der Waals surface area (Å²) in [5.74, 6) is -3.74. The maximum absolute atomic E-state index is 13.9. The van der Waals surface area contributed by atoms with Crippen molar-refractivity contribution in [2.24, 2.45) is 4.99 Å². The van der Waals surface area contributed by atoms with Gasteiger partial charge in [0.25, 0.3) is 0 Å². The number of likely N-dealkylation sites (N-methyl/N-ethyl adjacent to an activating group) is 1. The summed E-state index contributed by atoms with van der Waals surface area (Å²) in [4.78, 5) is 49.3. The lowest BCUT2D eigenvalue weighted by atomic mass is 9.72. The van der Waals surface area contributed by atoms with Gasteiger partial charge in [0.1, 0.15) is 35.6 Å². The number of ether oxygens (including phenoxy) is 3. The normalized spacial score (nSPS) is 29.4. The van der Waals surface area contributed by atoms with Crippen LogP contribution >= 0.6 is 0 Å². The fourth-order valence-electron chi connectivity index (χ4n) is 6.96. The fourth-order valence-corrected chi connectivity index (χ4v) is 6.96. The van der Waals surface area contributed by atoms with E-state index in [0.29, 0.717) is 0 Å². The van der Waals surface area contributed by atoms with Crippen LogP contribution in [0.4, 0.5) is 0 Å². The van der Waals surface area contributed by atoms with Gasteiger partial charge in [0.05, 0.1) is 48.4 Å². The van der Waals surface area contributed by atoms with E-state index in [0.717, 1.165) is 26.2 Å². The van der Waals surface area contributed by atoms with Crippen LogP contribution in [-0.4, -0.2) is 136 Å². The number of Topliss-reactive ketones (excluding diaryl/α,β-unsaturated/α-hetero) is 1. The molecule has 2 saturated heterocycles. The molecule has 2 fully saturated rings. The number of carbonyl (C=O) groups excluding carboxylic acids is 3. The zero-order chi connectivity index (χ0) is 33.8. The van der Waals surface area contributed by atoms with Crippen molar-refractivity contribution in [3.8, 4) is 17.2 Å². The molecule has 14 nitrogen and oxygen atoms in total. The number of phenolic OH excluding ortho intramolecular Hbond substituents is 2. The van der Waals surface area contributed by atoms with Gasteiger partial charge in [-0.15, -0.1) is 0 Å². The average Bonchev–Trinajstić information content (AvgIpc) is 3.05. The van der Waals surface area contributed by atoms with Crippen LogP contribution in [0.5, 0.6) is 17.2 Å². The van der Waals surface area contributed by atoms with Crippen LogP contribution in [0, 0.1) is 0 Å². The van der Waals surface area contributed by atoms with E-state index in [1.807, 2.05) is 7.05 Å². The highest BCUT2D eigenvalue weighted by molar-refractivity contribution is 6.31. The van der Waals surface area contributed by atoms with Gasteiger partial charge in [-0.2, -0.15) is 0 Å². The zero-order valence-electron chi connectivity index (χ0n) is 26.4. The minimum Gasteiger partial charge on any atom is -0.507 e. The van der Waals surface area contributed by atoms with E-state index in [2.05, 4.69) is 14.8 Å². The van der Waals surface area contributed by atoms with Crippen molar-refractivity contribution in [1.82, 2.24) is 9.80 Å². The third kappa shape index (κ3) is 5.68. The fraction of sp³-hybridized carbons (Fsp3) is 0.515. The SMILES string of the molecule is COc1cccc2c1C(=O)c1c(O)c3c(c(O)c1C2=O)CC(O)(C(=O)CO)C[C@@H]3OC1C[C@H](N=CN2CCN(C)CC2)[C@@H](O)C(C)O1. The first-order chi connectivity index (χ1) is 22.4. The summed E-state index contributed by atoms with van der Waals surface area (Å²) in [6.07, 6.45) is -3.40. The molecule has 14 heteroatoms. The van der Waals surface area contributed by atoms with Crippen molar-refractivity contribution in [2.45, 2.75) is 62.4 Å². The molecule has 2 heterocycles. The smallest absolute Gasteiger partial charge is 0.202 e. The number of phenols is 2. The summed E-state index contributed by atoms with van der Waals surface area (Å²) in [6, 6.07) is 3.76. The Kier molecular flexibility index (Phi) is 8.84. The van der Waals surface area contributed by atoms with Crippen LogP contribution in [0.2, 0.25) is 0 Å². The number of aromatic hydroxyl groups is 2. The number of methoxy groups -OCH3 is 1. The molecule has 2 aromatic carbocycles. The quantitative estimate of drug-likeness (QED) is 0.133. The molecule has 5 N–H and O–H groups in total. The first-order valence-corrected chi connectivity index (χ1v) is 15.6. The van der Waals surface area contributed by atoms with E-state index in [9.17, 15) is 39.9 Å². The standard InChI is InChI=1S/C33H39N3O11/c1-16-28(39)19(34-15-36-9-7-35(2)8-10-36)11-23(46-16)47-21-13-33(44,22(38)14-37)12-18-25(21)32(43)27-26(30(18)41)29(40)17-5-4-6-20(45-3)24(17)31(27)42/h4-6,15-16,19,21,23,28,37,39,41,43-44H,7-14H2,1-3H3/t16?,19-,21-,23?,28-,33?/m0/s1. The van der Waals surface area contributed by atoms with Crippen molar-refractivity contribution in [2.75, 3.05) is 46.9 Å². The van der Waals surface area contributed by atoms with E-state index in [1.54, 1.807) is 13.3 Å². The second-order valence-corrected chi connectivity index (χ2v) is 12.7. The van der Waals surface area contributed by atoms with Gasteiger partial charge in [0.2, 0.25) is 5.78 Å². The van der Waals surface area contributed by atoms with Crippen LogP contribution in [0.25, 0.3) is 0 Å². The molecule has 0 radical (unpaired) electrons. The predicted molar refractivity (Wildman–Crippen MR) is 165 cm³/mol. The van der Waals surface area contributed by atoms with Crippen molar-refractivity contribution in [3.05, 3.63) is 51.6 Å². The molecule has 6 rings (SSSR count). The van der Waals surface area contributed by atoms with Crippen molar-refractivity contribution in [1.29, 1.82) is 0 Å². The lowest BCUT2D eigenvalue weighted by molar-refractivity contribution is -0.247.